The van der Waals surface area contributed by atoms with E-state index in [1.54, 1.807) is 24.4 Å². The lowest BCUT2D eigenvalue weighted by Crippen LogP contribution is -1.95. The van der Waals surface area contributed by atoms with Gasteiger partial charge in [-0.25, -0.2) is 8.78 Å². The minimum atomic E-state index is -0.676. The van der Waals surface area contributed by atoms with Crippen molar-refractivity contribution in [3.05, 3.63) is 53.2 Å². The maximum Gasteiger partial charge on any atom is 0.116 e. The van der Waals surface area contributed by atoms with Crippen LogP contribution in [-0.4, -0.2) is 4.98 Å². The molecule has 0 aliphatic carbocycles. The molecule has 0 radical (unpaired) electrons. The molecule has 0 N–H and O–H groups in total. The third-order valence-electron chi connectivity index (χ3n) is 2.74. The number of nitrogens with zero attached hydrogens (tertiary/aromatic N) is 1. The number of benzene rings is 1. The summed E-state index contributed by atoms with van der Waals surface area (Å²) in [5.74, 6) is 0. The van der Waals surface area contributed by atoms with Crippen LogP contribution in [0.25, 0.3) is 11.3 Å². The average molecular weight is 233 g/mol. The molecule has 0 fully saturated rings. The fourth-order valence-corrected chi connectivity index (χ4v) is 1.78. The van der Waals surface area contributed by atoms with E-state index in [1.807, 2.05) is 19.1 Å². The van der Waals surface area contributed by atoms with Crippen molar-refractivity contribution in [3.63, 3.8) is 0 Å². The van der Waals surface area contributed by atoms with Crippen molar-refractivity contribution in [1.82, 2.24) is 4.98 Å². The molecule has 0 aliphatic heterocycles. The highest BCUT2D eigenvalue weighted by Crippen LogP contribution is 2.26. The van der Waals surface area contributed by atoms with Crippen LogP contribution < -0.4 is 0 Å². The van der Waals surface area contributed by atoms with Crippen molar-refractivity contribution >= 4 is 0 Å². The first-order chi connectivity index (χ1) is 8.26. The summed E-state index contributed by atoms with van der Waals surface area (Å²) in [4.78, 5) is 4.24. The van der Waals surface area contributed by atoms with Crippen molar-refractivity contribution in [3.8, 4) is 11.3 Å². The van der Waals surface area contributed by atoms with Crippen molar-refractivity contribution in [2.24, 2.45) is 0 Å². The molecule has 1 heterocycles. The van der Waals surface area contributed by atoms with E-state index in [9.17, 15) is 8.78 Å². The smallest absolute Gasteiger partial charge is 0.116 e. The van der Waals surface area contributed by atoms with Crippen LogP contribution in [0.3, 0.4) is 0 Å². The molecule has 0 bridgehead atoms. The predicted octanol–water partition coefficient (Wildman–Crippen LogP) is 4.00. The molecule has 1 nitrogen and oxygen atoms in total. The van der Waals surface area contributed by atoms with Gasteiger partial charge in [0.25, 0.3) is 0 Å². The Kier molecular flexibility index (Phi) is 3.47. The molecule has 0 aliphatic rings. The van der Waals surface area contributed by atoms with Gasteiger partial charge in [0, 0.05) is 11.8 Å². The number of rotatable bonds is 3. The highest BCUT2D eigenvalue weighted by Gasteiger charge is 2.10. The molecule has 2 rings (SSSR count). The lowest BCUT2D eigenvalue weighted by molar-refractivity contribution is 0.455. The summed E-state index contributed by atoms with van der Waals surface area (Å²) < 4.78 is 25.7. The molecule has 0 atom stereocenters. The van der Waals surface area contributed by atoms with Gasteiger partial charge >= 0.3 is 0 Å². The molecule has 3 heteroatoms. The molecular formula is C14H13F2N. The van der Waals surface area contributed by atoms with Crippen LogP contribution in [0, 0.1) is 6.92 Å². The van der Waals surface area contributed by atoms with Gasteiger partial charge in [0.2, 0.25) is 0 Å². The lowest BCUT2D eigenvalue weighted by atomic mass is 9.99. The zero-order chi connectivity index (χ0) is 12.3. The lowest BCUT2D eigenvalue weighted by Gasteiger charge is -2.09. The first-order valence-electron chi connectivity index (χ1n) is 5.42. The van der Waals surface area contributed by atoms with Gasteiger partial charge in [-0.1, -0.05) is 24.3 Å². The largest absolute Gasteiger partial charge is 0.256 e. The number of hydrogen-bond acceptors (Lipinski definition) is 1. The number of alkyl halides is 2. The van der Waals surface area contributed by atoms with Gasteiger partial charge in [-0.3, -0.25) is 4.98 Å². The number of aryl methyl sites for hydroxylation is 1. The fraction of sp³-hybridized carbons (Fsp3) is 0.214. The predicted molar refractivity (Wildman–Crippen MR) is 64.0 cm³/mol. The topological polar surface area (TPSA) is 12.9 Å². The second-order valence-corrected chi connectivity index (χ2v) is 3.93. The van der Waals surface area contributed by atoms with Gasteiger partial charge in [0.05, 0.1) is 5.69 Å². The van der Waals surface area contributed by atoms with E-state index in [1.165, 1.54) is 0 Å². The van der Waals surface area contributed by atoms with Crippen LogP contribution in [0.1, 0.15) is 16.7 Å². The Balaban J connectivity index is 2.54. The van der Waals surface area contributed by atoms with Crippen LogP contribution in [0.5, 0.6) is 0 Å². The van der Waals surface area contributed by atoms with E-state index in [4.69, 9.17) is 0 Å². The Bertz CT molecular complexity index is 506. The second-order valence-electron chi connectivity index (χ2n) is 3.93. The van der Waals surface area contributed by atoms with Crippen LogP contribution in [-0.2, 0) is 13.3 Å². The summed E-state index contributed by atoms with van der Waals surface area (Å²) in [5.41, 5.74) is 3.18. The molecule has 0 saturated carbocycles. The molecule has 17 heavy (non-hydrogen) atoms. The molecule has 0 spiro atoms. The zero-order valence-electron chi connectivity index (χ0n) is 9.58. The minimum Gasteiger partial charge on any atom is -0.256 e. The van der Waals surface area contributed by atoms with Crippen LogP contribution >= 0.6 is 0 Å². The Hall–Kier alpha value is -1.77. The summed E-state index contributed by atoms with van der Waals surface area (Å²) in [6.07, 6.45) is 1.72. The third-order valence-corrected chi connectivity index (χ3v) is 2.74. The van der Waals surface area contributed by atoms with Crippen LogP contribution in [0.15, 0.2) is 36.5 Å². The number of halogens is 2. The summed E-state index contributed by atoms with van der Waals surface area (Å²) in [6, 6.07) is 8.83. The molecular weight excluding hydrogens is 220 g/mol. The van der Waals surface area contributed by atoms with Crippen LogP contribution in [0.4, 0.5) is 8.78 Å². The molecule has 1 aromatic heterocycles. The van der Waals surface area contributed by atoms with Crippen molar-refractivity contribution in [2.45, 2.75) is 20.3 Å². The Morgan fingerprint density at radius 1 is 1.06 bits per heavy atom. The normalized spacial score (nSPS) is 10.5. The Morgan fingerprint density at radius 3 is 2.47 bits per heavy atom. The SMILES string of the molecule is Cc1ccc(-c2cccc(CF)c2CF)nc1. The van der Waals surface area contributed by atoms with E-state index >= 15 is 0 Å². The summed E-state index contributed by atoms with van der Waals surface area (Å²) in [6.45, 7) is 0.606. The third kappa shape index (κ3) is 2.33. The second kappa shape index (κ2) is 5.04. The highest BCUT2D eigenvalue weighted by molar-refractivity contribution is 5.65. The average Bonchev–Trinajstić information content (AvgIpc) is 2.38. The van der Waals surface area contributed by atoms with Gasteiger partial charge in [-0.15, -0.1) is 0 Å². The van der Waals surface area contributed by atoms with Gasteiger partial charge < -0.3 is 0 Å². The highest BCUT2D eigenvalue weighted by atomic mass is 19.1. The molecule has 0 saturated heterocycles. The maximum absolute atomic E-state index is 13.0. The van der Waals surface area contributed by atoms with Crippen molar-refractivity contribution < 1.29 is 8.78 Å². The van der Waals surface area contributed by atoms with E-state index < -0.39 is 13.3 Å². The van der Waals surface area contributed by atoms with E-state index in [-0.39, 0.29) is 0 Å². The standard InChI is InChI=1S/C14H13F2N/c1-10-5-6-14(17-9-10)12-4-2-3-11(7-15)13(12)8-16/h2-6,9H,7-8H2,1H3. The molecule has 88 valence electrons. The summed E-state index contributed by atoms with van der Waals surface area (Å²) >= 11 is 0. The number of hydrogen-bond donors (Lipinski definition) is 0. The Morgan fingerprint density at radius 2 is 1.88 bits per heavy atom. The van der Waals surface area contributed by atoms with E-state index in [0.29, 0.717) is 22.4 Å². The van der Waals surface area contributed by atoms with Gasteiger partial charge in [0.1, 0.15) is 13.3 Å². The van der Waals surface area contributed by atoms with E-state index in [2.05, 4.69) is 4.98 Å². The van der Waals surface area contributed by atoms with Crippen molar-refractivity contribution in [2.75, 3.05) is 0 Å². The number of aromatic nitrogens is 1. The number of pyridine rings is 1. The molecule has 2 aromatic rings. The maximum atomic E-state index is 13.0. The quantitative estimate of drug-likeness (QED) is 0.781. The van der Waals surface area contributed by atoms with Gasteiger partial charge in [-0.2, -0.15) is 0 Å². The van der Waals surface area contributed by atoms with Gasteiger partial charge in [0.15, 0.2) is 0 Å². The monoisotopic (exact) mass is 233 g/mol. The fourth-order valence-electron chi connectivity index (χ4n) is 1.78. The molecule has 1 aromatic carbocycles. The Labute approximate surface area is 99.1 Å². The first-order valence-corrected chi connectivity index (χ1v) is 5.42. The minimum absolute atomic E-state index is 0.395. The molecule has 0 amide bonds. The first kappa shape index (κ1) is 11.7. The van der Waals surface area contributed by atoms with Crippen LogP contribution in [0.2, 0.25) is 0 Å². The van der Waals surface area contributed by atoms with Crippen molar-refractivity contribution in [1.29, 1.82) is 0 Å². The van der Waals surface area contributed by atoms with E-state index in [0.717, 1.165) is 5.56 Å². The molecule has 0 unspecified atom stereocenters. The van der Waals surface area contributed by atoms with Gasteiger partial charge in [-0.05, 0) is 29.7 Å². The summed E-state index contributed by atoms with van der Waals surface area (Å²) in [5, 5.41) is 0. The summed E-state index contributed by atoms with van der Waals surface area (Å²) in [7, 11) is 0. The zero-order valence-corrected chi connectivity index (χ0v) is 9.58.